The average molecular weight is 511 g/mol. The molecule has 2 unspecified atom stereocenters. The molecule has 2 atom stereocenters. The Morgan fingerprint density at radius 1 is 0.897 bits per heavy atom. The Morgan fingerprint density at radius 3 is 2.26 bits per heavy atom. The predicted molar refractivity (Wildman–Crippen MR) is 168 cm³/mol. The standard InChI is InChI=1S/C39H42/c1-4-30-13-15-33(16-14-30)27-34-18-20-36(21-19-34)39(29(3)11-12-32-9-7-6-8-10-32)37-25-23-35(24-26-37)38-22-17-31(5-2)28-38/h1,6-10,13-17,22-26,28,31,34,36,39H,3,5,11-12,18-21,27H2,2H3. The van der Waals surface area contributed by atoms with Gasteiger partial charge in [-0.25, -0.2) is 0 Å². The van der Waals surface area contributed by atoms with Gasteiger partial charge in [-0.3, -0.25) is 0 Å². The molecule has 0 aromatic heterocycles. The summed E-state index contributed by atoms with van der Waals surface area (Å²) in [5.41, 5.74) is 9.32. The summed E-state index contributed by atoms with van der Waals surface area (Å²) in [7, 11) is 0. The molecule has 0 radical (unpaired) electrons. The summed E-state index contributed by atoms with van der Waals surface area (Å²) in [4.78, 5) is 0. The van der Waals surface area contributed by atoms with E-state index in [2.05, 4.69) is 110 Å². The van der Waals surface area contributed by atoms with Gasteiger partial charge in [-0.2, -0.15) is 0 Å². The number of aryl methyl sites for hydroxylation is 1. The first-order valence-corrected chi connectivity index (χ1v) is 14.9. The fourth-order valence-corrected chi connectivity index (χ4v) is 6.64. The molecule has 0 heteroatoms. The van der Waals surface area contributed by atoms with Crippen LogP contribution in [0, 0.1) is 30.1 Å². The molecule has 2 aliphatic carbocycles. The molecule has 0 nitrogen and oxygen atoms in total. The van der Waals surface area contributed by atoms with Crippen molar-refractivity contribution >= 4 is 5.57 Å². The van der Waals surface area contributed by atoms with Crippen LogP contribution in [0.5, 0.6) is 0 Å². The van der Waals surface area contributed by atoms with Crippen molar-refractivity contribution in [2.45, 2.75) is 64.2 Å². The molecule has 5 rings (SSSR count). The average Bonchev–Trinajstić information content (AvgIpc) is 3.48. The van der Waals surface area contributed by atoms with Crippen LogP contribution in [0.4, 0.5) is 0 Å². The zero-order valence-electron chi connectivity index (χ0n) is 23.5. The van der Waals surface area contributed by atoms with Crippen molar-refractivity contribution in [3.63, 3.8) is 0 Å². The maximum absolute atomic E-state index is 5.54. The van der Waals surface area contributed by atoms with Crippen molar-refractivity contribution in [3.05, 3.63) is 137 Å². The molecule has 0 heterocycles. The summed E-state index contributed by atoms with van der Waals surface area (Å²) in [6.07, 6.45) is 22.1. The van der Waals surface area contributed by atoms with Crippen molar-refractivity contribution in [2.75, 3.05) is 0 Å². The van der Waals surface area contributed by atoms with Crippen molar-refractivity contribution in [1.29, 1.82) is 0 Å². The Labute approximate surface area is 236 Å². The first kappa shape index (κ1) is 27.0. The maximum atomic E-state index is 5.54. The summed E-state index contributed by atoms with van der Waals surface area (Å²) in [5.74, 6) is 5.15. The van der Waals surface area contributed by atoms with Crippen molar-refractivity contribution in [1.82, 2.24) is 0 Å². The quantitative estimate of drug-likeness (QED) is 0.188. The Bertz CT molecular complexity index is 1320. The summed E-state index contributed by atoms with van der Waals surface area (Å²) in [6, 6.07) is 28.9. The second-order valence-electron chi connectivity index (χ2n) is 11.6. The number of benzene rings is 3. The molecule has 1 saturated carbocycles. The summed E-state index contributed by atoms with van der Waals surface area (Å²) in [5, 5.41) is 0. The molecule has 2 aliphatic rings. The Balaban J connectivity index is 1.29. The minimum absolute atomic E-state index is 0.426. The van der Waals surface area contributed by atoms with Gasteiger partial charge in [0, 0.05) is 11.5 Å². The second-order valence-corrected chi connectivity index (χ2v) is 11.6. The molecule has 0 aliphatic heterocycles. The number of allylic oxidation sites excluding steroid dienone is 5. The van der Waals surface area contributed by atoms with Crippen LogP contribution in [0.2, 0.25) is 0 Å². The van der Waals surface area contributed by atoms with Gasteiger partial charge in [0.15, 0.2) is 0 Å². The highest BCUT2D eigenvalue weighted by Crippen LogP contribution is 2.44. The van der Waals surface area contributed by atoms with Crippen molar-refractivity contribution in [2.24, 2.45) is 17.8 Å². The highest BCUT2D eigenvalue weighted by atomic mass is 14.3. The van der Waals surface area contributed by atoms with Gasteiger partial charge in [-0.1, -0.05) is 110 Å². The molecule has 1 fully saturated rings. The Morgan fingerprint density at radius 2 is 1.62 bits per heavy atom. The summed E-state index contributed by atoms with van der Waals surface area (Å²) < 4.78 is 0. The van der Waals surface area contributed by atoms with Crippen LogP contribution in [0.3, 0.4) is 0 Å². The molecule has 3 aromatic carbocycles. The normalized spacial score (nSPS) is 21.2. The first-order valence-electron chi connectivity index (χ1n) is 14.9. The zero-order chi connectivity index (χ0) is 27.0. The van der Waals surface area contributed by atoms with Crippen LogP contribution >= 0.6 is 0 Å². The van der Waals surface area contributed by atoms with E-state index in [1.807, 2.05) is 0 Å². The Kier molecular flexibility index (Phi) is 9.00. The SMILES string of the molecule is C#Cc1ccc(CC2CCC(C(C(=C)CCc3ccccc3)c3ccc(C4=CC(CC)C=C4)cc3)CC2)cc1. The topological polar surface area (TPSA) is 0 Å². The lowest BCUT2D eigenvalue weighted by molar-refractivity contribution is 0.252. The largest absolute Gasteiger partial charge is 0.115 e. The lowest BCUT2D eigenvalue weighted by Gasteiger charge is -2.35. The minimum Gasteiger partial charge on any atom is -0.115 e. The Hall–Kier alpha value is -3.56. The maximum Gasteiger partial charge on any atom is 0.0242 e. The van der Waals surface area contributed by atoms with Crippen LogP contribution in [-0.4, -0.2) is 0 Å². The van der Waals surface area contributed by atoms with Gasteiger partial charge in [0.1, 0.15) is 0 Å². The lowest BCUT2D eigenvalue weighted by atomic mass is 9.69. The van der Waals surface area contributed by atoms with E-state index in [-0.39, 0.29) is 0 Å². The second kappa shape index (κ2) is 13.0. The molecule has 39 heavy (non-hydrogen) atoms. The summed E-state index contributed by atoms with van der Waals surface area (Å²) in [6.45, 7) is 6.96. The third kappa shape index (κ3) is 6.91. The van der Waals surface area contributed by atoms with E-state index in [1.54, 1.807) is 0 Å². The predicted octanol–water partition coefficient (Wildman–Crippen LogP) is 9.97. The van der Waals surface area contributed by atoms with Gasteiger partial charge >= 0.3 is 0 Å². The van der Waals surface area contributed by atoms with Crippen LogP contribution in [-0.2, 0) is 12.8 Å². The molecule has 0 bridgehead atoms. The highest BCUT2D eigenvalue weighted by Gasteiger charge is 2.30. The molecule has 198 valence electrons. The van der Waals surface area contributed by atoms with E-state index in [9.17, 15) is 0 Å². The molecule has 0 N–H and O–H groups in total. The van der Waals surface area contributed by atoms with E-state index in [0.717, 1.165) is 30.7 Å². The fraction of sp³-hybridized carbons (Fsp3) is 0.333. The van der Waals surface area contributed by atoms with Crippen LogP contribution in [0.1, 0.15) is 79.2 Å². The van der Waals surface area contributed by atoms with Crippen molar-refractivity contribution < 1.29 is 0 Å². The van der Waals surface area contributed by atoms with Gasteiger partial charge in [-0.05, 0) is 109 Å². The number of rotatable bonds is 10. The molecule has 0 amide bonds. The van der Waals surface area contributed by atoms with Gasteiger partial charge in [0.25, 0.3) is 0 Å². The smallest absolute Gasteiger partial charge is 0.0242 e. The van der Waals surface area contributed by atoms with Gasteiger partial charge in [-0.15, -0.1) is 6.42 Å². The molecule has 0 saturated heterocycles. The fourth-order valence-electron chi connectivity index (χ4n) is 6.64. The molecular weight excluding hydrogens is 468 g/mol. The van der Waals surface area contributed by atoms with Gasteiger partial charge in [0.2, 0.25) is 0 Å². The molecule has 0 spiro atoms. The number of terminal acetylenes is 1. The molecule has 3 aromatic rings. The van der Waals surface area contributed by atoms with Crippen LogP contribution in [0.25, 0.3) is 5.57 Å². The van der Waals surface area contributed by atoms with Crippen molar-refractivity contribution in [3.8, 4) is 12.3 Å². The number of hydrogen-bond donors (Lipinski definition) is 0. The van der Waals surface area contributed by atoms with E-state index in [1.165, 1.54) is 65.5 Å². The highest BCUT2D eigenvalue weighted by molar-refractivity contribution is 5.77. The first-order chi connectivity index (χ1) is 19.1. The third-order valence-electron chi connectivity index (χ3n) is 9.02. The lowest BCUT2D eigenvalue weighted by Crippen LogP contribution is -2.23. The summed E-state index contributed by atoms with van der Waals surface area (Å²) >= 11 is 0. The van der Waals surface area contributed by atoms with E-state index >= 15 is 0 Å². The van der Waals surface area contributed by atoms with E-state index < -0.39 is 0 Å². The van der Waals surface area contributed by atoms with Crippen LogP contribution < -0.4 is 0 Å². The zero-order valence-corrected chi connectivity index (χ0v) is 23.5. The van der Waals surface area contributed by atoms with Crippen LogP contribution in [0.15, 0.2) is 109 Å². The van der Waals surface area contributed by atoms with E-state index in [0.29, 0.717) is 17.8 Å². The van der Waals surface area contributed by atoms with E-state index in [4.69, 9.17) is 13.0 Å². The number of hydrogen-bond acceptors (Lipinski definition) is 0. The third-order valence-corrected chi connectivity index (χ3v) is 9.02. The minimum atomic E-state index is 0.426. The van der Waals surface area contributed by atoms with Gasteiger partial charge in [0.05, 0.1) is 0 Å². The molecular formula is C39H42. The van der Waals surface area contributed by atoms with Gasteiger partial charge < -0.3 is 0 Å². The monoisotopic (exact) mass is 510 g/mol.